The molecular formula is C20H25N3O3. The summed E-state index contributed by atoms with van der Waals surface area (Å²) in [5, 5.41) is 0. The summed E-state index contributed by atoms with van der Waals surface area (Å²) in [6.45, 7) is 1.54. The molecular weight excluding hydrogens is 330 g/mol. The number of para-hydroxylation sites is 2. The van der Waals surface area contributed by atoms with E-state index < -0.39 is 6.10 Å². The van der Waals surface area contributed by atoms with Crippen LogP contribution in [0.15, 0.2) is 36.8 Å². The molecule has 6 nitrogen and oxygen atoms in total. The molecule has 1 saturated carbocycles. The standard InChI is InChI=1S/C20H25N3O3/c24-20(19-13-25-17-8-4-5-9-18(17)26-19)23(12-16-10-21-14-22-16)11-15-6-2-1-3-7-15/h4-5,8-10,14-15,19H,1-3,6-7,11-13H2,(H,21,22)/t19-/m1/s1. The molecule has 4 rings (SSSR count). The lowest BCUT2D eigenvalue weighted by Gasteiger charge is -2.33. The maximum Gasteiger partial charge on any atom is 0.267 e. The van der Waals surface area contributed by atoms with E-state index in [-0.39, 0.29) is 12.5 Å². The molecule has 0 unspecified atom stereocenters. The molecule has 1 aromatic heterocycles. The van der Waals surface area contributed by atoms with E-state index >= 15 is 0 Å². The molecule has 1 aromatic carbocycles. The Morgan fingerprint density at radius 3 is 2.77 bits per heavy atom. The molecule has 0 spiro atoms. The number of imidazole rings is 1. The Morgan fingerprint density at radius 2 is 2.00 bits per heavy atom. The summed E-state index contributed by atoms with van der Waals surface area (Å²) in [6, 6.07) is 7.49. The Balaban J connectivity index is 1.48. The molecule has 1 atom stereocenters. The number of carbonyl (C=O) groups is 1. The van der Waals surface area contributed by atoms with Gasteiger partial charge in [-0.3, -0.25) is 4.79 Å². The topological polar surface area (TPSA) is 67.5 Å². The van der Waals surface area contributed by atoms with Crippen LogP contribution in [-0.2, 0) is 11.3 Å². The summed E-state index contributed by atoms with van der Waals surface area (Å²) in [6.07, 6.45) is 9.03. The van der Waals surface area contributed by atoms with Crippen LogP contribution in [-0.4, -0.2) is 40.0 Å². The molecule has 138 valence electrons. The number of benzene rings is 1. The SMILES string of the molecule is O=C([C@H]1COc2ccccc2O1)N(Cc1cnc[nH]1)CC1CCCCC1. The second kappa shape index (κ2) is 7.81. The quantitative estimate of drug-likeness (QED) is 0.895. The van der Waals surface area contributed by atoms with Crippen molar-refractivity contribution in [3.8, 4) is 11.5 Å². The number of nitrogens with zero attached hydrogens (tertiary/aromatic N) is 2. The Hall–Kier alpha value is -2.50. The average Bonchev–Trinajstić information content (AvgIpc) is 3.20. The van der Waals surface area contributed by atoms with Gasteiger partial charge in [0.05, 0.1) is 18.6 Å². The van der Waals surface area contributed by atoms with Gasteiger partial charge in [0.2, 0.25) is 6.10 Å². The van der Waals surface area contributed by atoms with E-state index in [0.29, 0.717) is 24.0 Å². The fourth-order valence-corrected chi connectivity index (χ4v) is 3.84. The van der Waals surface area contributed by atoms with Gasteiger partial charge in [0.25, 0.3) is 5.91 Å². The first-order valence-electron chi connectivity index (χ1n) is 9.44. The molecule has 1 amide bonds. The Kier molecular flexibility index (Phi) is 5.09. The zero-order valence-electron chi connectivity index (χ0n) is 14.9. The third-order valence-electron chi connectivity index (χ3n) is 5.22. The number of carbonyl (C=O) groups excluding carboxylic acids is 1. The maximum atomic E-state index is 13.2. The van der Waals surface area contributed by atoms with Crippen LogP contribution in [0.1, 0.15) is 37.8 Å². The zero-order valence-corrected chi connectivity index (χ0v) is 14.9. The first kappa shape index (κ1) is 16.9. The molecule has 1 fully saturated rings. The molecule has 6 heteroatoms. The second-order valence-corrected chi connectivity index (χ2v) is 7.16. The van der Waals surface area contributed by atoms with Gasteiger partial charge in [0.1, 0.15) is 6.61 Å². The lowest BCUT2D eigenvalue weighted by molar-refractivity contribution is -0.142. The third kappa shape index (κ3) is 3.84. The molecule has 1 aliphatic carbocycles. The smallest absolute Gasteiger partial charge is 0.267 e. The summed E-state index contributed by atoms with van der Waals surface area (Å²) in [4.78, 5) is 22.3. The van der Waals surface area contributed by atoms with Crippen LogP contribution in [0.2, 0.25) is 0 Å². The minimum atomic E-state index is -0.601. The summed E-state index contributed by atoms with van der Waals surface area (Å²) in [5.74, 6) is 1.88. The van der Waals surface area contributed by atoms with Crippen molar-refractivity contribution in [1.29, 1.82) is 0 Å². The van der Waals surface area contributed by atoms with Gasteiger partial charge in [-0.2, -0.15) is 0 Å². The normalized spacial score (nSPS) is 19.9. The first-order valence-corrected chi connectivity index (χ1v) is 9.44. The molecule has 2 aliphatic rings. The number of hydrogen-bond acceptors (Lipinski definition) is 4. The lowest BCUT2D eigenvalue weighted by atomic mass is 9.89. The fraction of sp³-hybridized carbons (Fsp3) is 0.500. The molecule has 1 aliphatic heterocycles. The van der Waals surface area contributed by atoms with Crippen LogP contribution < -0.4 is 9.47 Å². The van der Waals surface area contributed by atoms with Crippen LogP contribution in [0.5, 0.6) is 11.5 Å². The van der Waals surface area contributed by atoms with Gasteiger partial charge < -0.3 is 19.4 Å². The Labute approximate surface area is 153 Å². The van der Waals surface area contributed by atoms with E-state index in [0.717, 1.165) is 12.2 Å². The van der Waals surface area contributed by atoms with Gasteiger partial charge >= 0.3 is 0 Å². The zero-order chi connectivity index (χ0) is 17.8. The molecule has 0 bridgehead atoms. The van der Waals surface area contributed by atoms with Crippen molar-refractivity contribution in [2.75, 3.05) is 13.2 Å². The van der Waals surface area contributed by atoms with Gasteiger partial charge in [-0.1, -0.05) is 31.4 Å². The predicted octanol–water partition coefficient (Wildman–Crippen LogP) is 3.16. The summed E-state index contributed by atoms with van der Waals surface area (Å²) >= 11 is 0. The fourth-order valence-electron chi connectivity index (χ4n) is 3.84. The largest absolute Gasteiger partial charge is 0.485 e. The number of nitrogens with one attached hydrogen (secondary N) is 1. The average molecular weight is 355 g/mol. The second-order valence-electron chi connectivity index (χ2n) is 7.16. The monoisotopic (exact) mass is 355 g/mol. The molecule has 0 saturated heterocycles. The number of ether oxygens (including phenoxy) is 2. The highest BCUT2D eigenvalue weighted by Crippen LogP contribution is 2.32. The number of hydrogen-bond donors (Lipinski definition) is 1. The van der Waals surface area contributed by atoms with Gasteiger partial charge in [0, 0.05) is 12.7 Å². The molecule has 2 heterocycles. The van der Waals surface area contributed by atoms with Crippen LogP contribution in [0, 0.1) is 5.92 Å². The van der Waals surface area contributed by atoms with Crippen molar-refractivity contribution in [1.82, 2.24) is 14.9 Å². The van der Waals surface area contributed by atoms with Crippen molar-refractivity contribution >= 4 is 5.91 Å². The van der Waals surface area contributed by atoms with Crippen molar-refractivity contribution < 1.29 is 14.3 Å². The minimum Gasteiger partial charge on any atom is -0.485 e. The summed E-state index contributed by atoms with van der Waals surface area (Å²) in [5.41, 5.74) is 0.936. The number of H-pyrrole nitrogens is 1. The van der Waals surface area contributed by atoms with Crippen molar-refractivity contribution in [2.24, 2.45) is 5.92 Å². The highest BCUT2D eigenvalue weighted by Gasteiger charge is 2.32. The highest BCUT2D eigenvalue weighted by molar-refractivity contribution is 5.82. The van der Waals surface area contributed by atoms with E-state index in [9.17, 15) is 4.79 Å². The van der Waals surface area contributed by atoms with Crippen molar-refractivity contribution in [3.05, 3.63) is 42.5 Å². The van der Waals surface area contributed by atoms with Gasteiger partial charge in [-0.15, -0.1) is 0 Å². The van der Waals surface area contributed by atoms with E-state index in [4.69, 9.17) is 9.47 Å². The number of aromatic amines is 1. The molecule has 0 radical (unpaired) electrons. The Morgan fingerprint density at radius 1 is 1.19 bits per heavy atom. The van der Waals surface area contributed by atoms with E-state index in [1.165, 1.54) is 32.1 Å². The first-order chi connectivity index (χ1) is 12.8. The highest BCUT2D eigenvalue weighted by atomic mass is 16.6. The predicted molar refractivity (Wildman–Crippen MR) is 96.9 cm³/mol. The van der Waals surface area contributed by atoms with E-state index in [2.05, 4.69) is 9.97 Å². The summed E-state index contributed by atoms with van der Waals surface area (Å²) < 4.78 is 11.7. The third-order valence-corrected chi connectivity index (χ3v) is 5.22. The van der Waals surface area contributed by atoms with Crippen LogP contribution in [0.25, 0.3) is 0 Å². The van der Waals surface area contributed by atoms with Gasteiger partial charge in [-0.05, 0) is 30.9 Å². The van der Waals surface area contributed by atoms with Crippen molar-refractivity contribution in [3.63, 3.8) is 0 Å². The maximum absolute atomic E-state index is 13.2. The molecule has 2 aromatic rings. The summed E-state index contributed by atoms with van der Waals surface area (Å²) in [7, 11) is 0. The molecule has 26 heavy (non-hydrogen) atoms. The van der Waals surface area contributed by atoms with Crippen LogP contribution >= 0.6 is 0 Å². The van der Waals surface area contributed by atoms with Crippen LogP contribution in [0.3, 0.4) is 0 Å². The Bertz CT molecular complexity index is 726. The van der Waals surface area contributed by atoms with E-state index in [1.807, 2.05) is 29.2 Å². The number of fused-ring (bicyclic) bond motifs is 1. The van der Waals surface area contributed by atoms with Gasteiger partial charge in [0.15, 0.2) is 11.5 Å². The van der Waals surface area contributed by atoms with Crippen LogP contribution in [0.4, 0.5) is 0 Å². The molecule has 1 N–H and O–H groups in total. The van der Waals surface area contributed by atoms with Gasteiger partial charge in [-0.25, -0.2) is 4.98 Å². The van der Waals surface area contributed by atoms with Crippen molar-refractivity contribution in [2.45, 2.75) is 44.8 Å². The van der Waals surface area contributed by atoms with E-state index in [1.54, 1.807) is 12.5 Å². The lowest BCUT2D eigenvalue weighted by Crippen LogP contribution is -2.47. The minimum absolute atomic E-state index is 0.0142. The number of aromatic nitrogens is 2. The number of rotatable bonds is 5. The number of amides is 1.